The number of rotatable bonds is 4. The maximum absolute atomic E-state index is 6.05. The molecule has 0 aliphatic heterocycles. The van der Waals surface area contributed by atoms with Crippen molar-refractivity contribution in [1.82, 2.24) is 9.97 Å². The Bertz CT molecular complexity index is 744. The van der Waals surface area contributed by atoms with Gasteiger partial charge < -0.3 is 14.2 Å². The number of nitrogens with zero attached hydrogens (tertiary/aromatic N) is 2. The summed E-state index contributed by atoms with van der Waals surface area (Å²) in [5, 5.41) is 0. The zero-order valence-electron chi connectivity index (χ0n) is 12.7. The lowest BCUT2D eigenvalue weighted by Gasteiger charge is -2.19. The molecule has 2 aliphatic rings. The molecule has 0 spiro atoms. The Morgan fingerprint density at radius 3 is 2.41 bits per heavy atom. The van der Waals surface area contributed by atoms with Crippen LogP contribution in [-0.2, 0) is 0 Å². The van der Waals surface area contributed by atoms with Gasteiger partial charge in [0.1, 0.15) is 6.10 Å². The monoisotopic (exact) mass is 298 g/mol. The minimum Gasteiger partial charge on any atom is -0.493 e. The molecule has 0 radical (unpaired) electrons. The first-order valence-electron chi connectivity index (χ1n) is 7.50. The fourth-order valence-corrected chi connectivity index (χ4v) is 3.40. The van der Waals surface area contributed by atoms with Gasteiger partial charge in [0.15, 0.2) is 11.5 Å². The topological polar surface area (TPSA) is 53.5 Å². The summed E-state index contributed by atoms with van der Waals surface area (Å²) in [5.41, 5.74) is 1.51. The quantitative estimate of drug-likeness (QED) is 0.812. The molecule has 5 nitrogen and oxygen atoms in total. The Morgan fingerprint density at radius 1 is 1.00 bits per heavy atom. The van der Waals surface area contributed by atoms with Crippen molar-refractivity contribution in [3.05, 3.63) is 30.5 Å². The summed E-state index contributed by atoms with van der Waals surface area (Å²) in [5.74, 6) is 3.06. The first-order valence-corrected chi connectivity index (χ1v) is 7.50. The van der Waals surface area contributed by atoms with Crippen LogP contribution in [0.5, 0.6) is 17.4 Å². The van der Waals surface area contributed by atoms with Crippen molar-refractivity contribution in [2.24, 2.45) is 11.8 Å². The minimum atomic E-state index is 0.224. The van der Waals surface area contributed by atoms with Crippen LogP contribution in [0.2, 0.25) is 0 Å². The zero-order valence-corrected chi connectivity index (χ0v) is 12.7. The predicted octanol–water partition coefficient (Wildman–Crippen LogP) is 2.99. The van der Waals surface area contributed by atoms with Gasteiger partial charge in [0.05, 0.1) is 31.4 Å². The number of ether oxygens (including phenoxy) is 3. The van der Waals surface area contributed by atoms with Crippen LogP contribution < -0.4 is 14.2 Å². The van der Waals surface area contributed by atoms with E-state index < -0.39 is 0 Å². The Hall–Kier alpha value is -2.30. The van der Waals surface area contributed by atoms with Gasteiger partial charge in [-0.1, -0.05) is 12.2 Å². The van der Waals surface area contributed by atoms with Crippen molar-refractivity contribution in [1.29, 1.82) is 0 Å². The molecule has 4 rings (SSSR count). The Kier molecular flexibility index (Phi) is 3.13. The predicted molar refractivity (Wildman–Crippen MR) is 82.4 cm³/mol. The molecule has 1 aromatic heterocycles. The Labute approximate surface area is 128 Å². The summed E-state index contributed by atoms with van der Waals surface area (Å²) in [6.45, 7) is 0. The molecule has 114 valence electrons. The summed E-state index contributed by atoms with van der Waals surface area (Å²) in [6, 6.07) is 3.65. The lowest BCUT2D eigenvalue weighted by molar-refractivity contribution is 0.167. The second-order valence-corrected chi connectivity index (χ2v) is 5.84. The van der Waals surface area contributed by atoms with Crippen LogP contribution in [0.3, 0.4) is 0 Å². The third-order valence-corrected chi connectivity index (χ3v) is 4.52. The van der Waals surface area contributed by atoms with Crippen molar-refractivity contribution < 1.29 is 14.2 Å². The number of aromatic nitrogens is 2. The van der Waals surface area contributed by atoms with Crippen molar-refractivity contribution in [3.63, 3.8) is 0 Å². The van der Waals surface area contributed by atoms with Crippen LogP contribution >= 0.6 is 0 Å². The van der Waals surface area contributed by atoms with E-state index in [4.69, 9.17) is 14.2 Å². The first kappa shape index (κ1) is 13.4. The molecule has 1 fully saturated rings. The van der Waals surface area contributed by atoms with Crippen LogP contribution in [0, 0.1) is 11.8 Å². The number of methoxy groups -OCH3 is 2. The van der Waals surface area contributed by atoms with E-state index in [-0.39, 0.29) is 6.10 Å². The van der Waals surface area contributed by atoms with Gasteiger partial charge in [0.25, 0.3) is 0 Å². The van der Waals surface area contributed by atoms with E-state index in [1.54, 1.807) is 20.4 Å². The fourth-order valence-electron chi connectivity index (χ4n) is 3.40. The van der Waals surface area contributed by atoms with E-state index in [2.05, 4.69) is 22.1 Å². The third kappa shape index (κ3) is 2.17. The molecule has 2 aromatic rings. The van der Waals surface area contributed by atoms with Gasteiger partial charge in [0.2, 0.25) is 5.88 Å². The molecule has 1 saturated carbocycles. The first-order chi connectivity index (χ1) is 10.8. The van der Waals surface area contributed by atoms with E-state index in [0.717, 1.165) is 17.5 Å². The normalized spacial score (nSPS) is 25.6. The standard InChI is InChI=1S/C17H18N2O3/c1-20-15-7-12-13(8-16(15)21-2)19-17(9-18-12)22-14-6-10-3-4-11(14)5-10/h3-4,7-11,14H,5-6H2,1-2H3. The van der Waals surface area contributed by atoms with Gasteiger partial charge in [-0.3, -0.25) is 0 Å². The Morgan fingerprint density at radius 2 is 1.77 bits per heavy atom. The lowest BCUT2D eigenvalue weighted by atomic mass is 10.0. The van der Waals surface area contributed by atoms with Crippen LogP contribution in [0.15, 0.2) is 30.5 Å². The number of hydrogen-bond donors (Lipinski definition) is 0. The van der Waals surface area contributed by atoms with E-state index in [1.165, 1.54) is 6.42 Å². The van der Waals surface area contributed by atoms with Crippen LogP contribution in [0.1, 0.15) is 12.8 Å². The summed E-state index contributed by atoms with van der Waals surface area (Å²) >= 11 is 0. The number of allylic oxidation sites excluding steroid dienone is 1. The maximum Gasteiger partial charge on any atom is 0.233 e. The highest BCUT2D eigenvalue weighted by atomic mass is 16.5. The molecule has 0 saturated heterocycles. The largest absolute Gasteiger partial charge is 0.493 e. The average Bonchev–Trinajstić information content (AvgIpc) is 3.16. The molecule has 2 aliphatic carbocycles. The third-order valence-electron chi connectivity index (χ3n) is 4.52. The van der Waals surface area contributed by atoms with E-state index in [1.807, 2.05) is 12.1 Å². The molecular weight excluding hydrogens is 280 g/mol. The summed E-state index contributed by atoms with van der Waals surface area (Å²) in [4.78, 5) is 8.99. The summed E-state index contributed by atoms with van der Waals surface area (Å²) in [7, 11) is 3.22. The molecule has 0 N–H and O–H groups in total. The van der Waals surface area contributed by atoms with Crippen molar-refractivity contribution in [3.8, 4) is 17.4 Å². The molecule has 0 amide bonds. The molecular formula is C17H18N2O3. The molecule has 22 heavy (non-hydrogen) atoms. The molecule has 1 heterocycles. The van der Waals surface area contributed by atoms with Gasteiger partial charge in [-0.15, -0.1) is 0 Å². The number of benzene rings is 1. The maximum atomic E-state index is 6.05. The van der Waals surface area contributed by atoms with Crippen molar-refractivity contribution >= 4 is 11.0 Å². The van der Waals surface area contributed by atoms with Gasteiger partial charge in [-0.25, -0.2) is 9.97 Å². The fraction of sp³-hybridized carbons (Fsp3) is 0.412. The Balaban J connectivity index is 1.64. The van der Waals surface area contributed by atoms with Crippen molar-refractivity contribution in [2.45, 2.75) is 18.9 Å². The summed E-state index contributed by atoms with van der Waals surface area (Å²) < 4.78 is 16.6. The smallest absolute Gasteiger partial charge is 0.233 e. The second-order valence-electron chi connectivity index (χ2n) is 5.84. The molecule has 1 aromatic carbocycles. The molecule has 2 bridgehead atoms. The van der Waals surface area contributed by atoms with Crippen LogP contribution in [0.25, 0.3) is 11.0 Å². The van der Waals surface area contributed by atoms with E-state index in [0.29, 0.717) is 29.2 Å². The SMILES string of the molecule is COc1cc2ncc(OC3CC4C=CC3C4)nc2cc1OC. The van der Waals surface area contributed by atoms with Crippen LogP contribution in [-0.4, -0.2) is 30.3 Å². The lowest BCUT2D eigenvalue weighted by Crippen LogP contribution is -2.21. The van der Waals surface area contributed by atoms with Crippen LogP contribution in [0.4, 0.5) is 0 Å². The molecule has 5 heteroatoms. The van der Waals surface area contributed by atoms with Gasteiger partial charge in [-0.05, 0) is 18.8 Å². The van der Waals surface area contributed by atoms with E-state index >= 15 is 0 Å². The number of fused-ring (bicyclic) bond motifs is 3. The molecule has 3 atom stereocenters. The highest BCUT2D eigenvalue weighted by Crippen LogP contribution is 2.41. The van der Waals surface area contributed by atoms with Crippen molar-refractivity contribution in [2.75, 3.05) is 14.2 Å². The van der Waals surface area contributed by atoms with Gasteiger partial charge in [0, 0.05) is 18.1 Å². The second kappa shape index (κ2) is 5.16. The number of hydrogen-bond acceptors (Lipinski definition) is 5. The highest BCUT2D eigenvalue weighted by Gasteiger charge is 2.37. The zero-order chi connectivity index (χ0) is 15.1. The molecule has 3 unspecified atom stereocenters. The van der Waals surface area contributed by atoms with Gasteiger partial charge >= 0.3 is 0 Å². The minimum absolute atomic E-state index is 0.224. The van der Waals surface area contributed by atoms with E-state index in [9.17, 15) is 0 Å². The average molecular weight is 298 g/mol. The summed E-state index contributed by atoms with van der Waals surface area (Å²) in [6.07, 6.45) is 8.75. The highest BCUT2D eigenvalue weighted by molar-refractivity contribution is 5.79. The van der Waals surface area contributed by atoms with Gasteiger partial charge in [-0.2, -0.15) is 0 Å².